The molecule has 116 valence electrons. The zero-order chi connectivity index (χ0) is 16.0. The minimum Gasteiger partial charge on any atom is -0.348 e. The second-order valence-electron chi connectivity index (χ2n) is 5.16. The number of aromatic nitrogens is 1. The smallest absolute Gasteiger partial charge is 0.224 e. The summed E-state index contributed by atoms with van der Waals surface area (Å²) in [6.07, 6.45) is 4.59. The van der Waals surface area contributed by atoms with Crippen molar-refractivity contribution in [1.82, 2.24) is 10.3 Å². The van der Waals surface area contributed by atoms with Gasteiger partial charge in [-0.05, 0) is 17.2 Å². The average Bonchev–Trinajstić information content (AvgIpc) is 2.47. The zero-order valence-electron chi connectivity index (χ0n) is 12.3. The van der Waals surface area contributed by atoms with Crippen LogP contribution in [0.15, 0.2) is 54.9 Å². The van der Waals surface area contributed by atoms with E-state index in [2.05, 4.69) is 10.3 Å². The highest BCUT2D eigenvalue weighted by Crippen LogP contribution is 2.15. The van der Waals surface area contributed by atoms with Crippen LogP contribution in [0.3, 0.4) is 0 Å². The molecule has 1 N–H and O–H groups in total. The summed E-state index contributed by atoms with van der Waals surface area (Å²) in [5.74, 6) is -0.360. The molecule has 1 heterocycles. The van der Waals surface area contributed by atoms with Crippen molar-refractivity contribution in [3.05, 3.63) is 66.0 Å². The van der Waals surface area contributed by atoms with Gasteiger partial charge < -0.3 is 5.32 Å². The van der Waals surface area contributed by atoms with E-state index in [-0.39, 0.29) is 18.1 Å². The molecular formula is C16H18N2O3S. The molecule has 1 amide bonds. The second-order valence-corrected chi connectivity index (χ2v) is 7.35. The topological polar surface area (TPSA) is 76.1 Å². The Morgan fingerprint density at radius 3 is 2.50 bits per heavy atom. The van der Waals surface area contributed by atoms with Crippen molar-refractivity contribution < 1.29 is 13.2 Å². The van der Waals surface area contributed by atoms with Gasteiger partial charge >= 0.3 is 0 Å². The number of nitrogens with zero attached hydrogens (tertiary/aromatic N) is 1. The molecule has 0 radical (unpaired) electrons. The maximum Gasteiger partial charge on any atom is 0.224 e. The number of carbonyl (C=O) groups is 1. The largest absolute Gasteiger partial charge is 0.348 e. The molecule has 0 saturated heterocycles. The Morgan fingerprint density at radius 1 is 1.18 bits per heavy atom. The van der Waals surface area contributed by atoms with Gasteiger partial charge in [0.25, 0.3) is 0 Å². The first-order chi connectivity index (χ1) is 10.4. The number of rotatable bonds is 6. The summed E-state index contributed by atoms with van der Waals surface area (Å²) in [5.41, 5.74) is 1.55. The fourth-order valence-corrected chi connectivity index (χ4v) is 3.02. The zero-order valence-corrected chi connectivity index (χ0v) is 13.1. The van der Waals surface area contributed by atoms with Gasteiger partial charge in [-0.1, -0.05) is 36.4 Å². The second kappa shape index (κ2) is 7.17. The van der Waals surface area contributed by atoms with E-state index in [0.29, 0.717) is 0 Å². The standard InChI is InChI=1S/C16H18N2O3S/c1-22(20,21)12-15(14-7-3-2-4-8-14)18-16(19)10-13-6-5-9-17-11-13/h2-9,11,15H,10,12H2,1H3,(H,18,19)/t15-/m1/s1. The van der Waals surface area contributed by atoms with Gasteiger partial charge in [0.15, 0.2) is 0 Å². The van der Waals surface area contributed by atoms with Crippen LogP contribution in [0.1, 0.15) is 17.2 Å². The first-order valence-electron chi connectivity index (χ1n) is 6.85. The van der Waals surface area contributed by atoms with E-state index in [1.165, 1.54) is 0 Å². The van der Waals surface area contributed by atoms with Gasteiger partial charge in [-0.25, -0.2) is 8.42 Å². The number of hydrogen-bond acceptors (Lipinski definition) is 4. The summed E-state index contributed by atoms with van der Waals surface area (Å²) >= 11 is 0. The van der Waals surface area contributed by atoms with Crippen molar-refractivity contribution in [2.45, 2.75) is 12.5 Å². The minimum atomic E-state index is -3.22. The molecule has 1 aromatic heterocycles. The predicted molar refractivity (Wildman–Crippen MR) is 85.0 cm³/mol. The Labute approximate surface area is 130 Å². The molecule has 0 spiro atoms. The van der Waals surface area contributed by atoms with Gasteiger partial charge in [-0.3, -0.25) is 9.78 Å². The molecule has 2 aromatic rings. The summed E-state index contributed by atoms with van der Waals surface area (Å²) in [6, 6.07) is 12.1. The van der Waals surface area contributed by atoms with Crippen LogP contribution in [0.5, 0.6) is 0 Å². The van der Waals surface area contributed by atoms with E-state index < -0.39 is 15.9 Å². The van der Waals surface area contributed by atoms with Crippen LogP contribution in [0, 0.1) is 0 Å². The molecule has 0 bridgehead atoms. The van der Waals surface area contributed by atoms with Crippen molar-refractivity contribution in [2.24, 2.45) is 0 Å². The fourth-order valence-electron chi connectivity index (χ4n) is 2.14. The maximum absolute atomic E-state index is 12.1. The number of benzene rings is 1. The van der Waals surface area contributed by atoms with Gasteiger partial charge in [0.1, 0.15) is 9.84 Å². The first kappa shape index (κ1) is 16.2. The first-order valence-corrected chi connectivity index (χ1v) is 8.91. The predicted octanol–water partition coefficient (Wildman–Crippen LogP) is 1.53. The lowest BCUT2D eigenvalue weighted by atomic mass is 10.1. The average molecular weight is 318 g/mol. The Kier molecular flexibility index (Phi) is 5.27. The van der Waals surface area contributed by atoms with Crippen LogP contribution in [-0.4, -0.2) is 31.3 Å². The van der Waals surface area contributed by atoms with Gasteiger partial charge in [-0.2, -0.15) is 0 Å². The van der Waals surface area contributed by atoms with E-state index >= 15 is 0 Å². The molecule has 0 unspecified atom stereocenters. The third kappa shape index (κ3) is 5.29. The normalized spacial score (nSPS) is 12.6. The number of pyridine rings is 1. The highest BCUT2D eigenvalue weighted by Gasteiger charge is 2.19. The Bertz CT molecular complexity index is 716. The minimum absolute atomic E-state index is 0.129. The SMILES string of the molecule is CS(=O)(=O)C[C@@H](NC(=O)Cc1cccnc1)c1ccccc1. The van der Waals surface area contributed by atoms with Crippen LogP contribution in [0.25, 0.3) is 0 Å². The van der Waals surface area contributed by atoms with Gasteiger partial charge in [0.05, 0.1) is 18.2 Å². The molecule has 1 atom stereocenters. The van der Waals surface area contributed by atoms with Crippen LogP contribution >= 0.6 is 0 Å². The molecular weight excluding hydrogens is 300 g/mol. The summed E-state index contributed by atoms with van der Waals surface area (Å²) in [7, 11) is -3.22. The van der Waals surface area contributed by atoms with Crippen LogP contribution < -0.4 is 5.32 Å². The van der Waals surface area contributed by atoms with E-state index in [1.807, 2.05) is 18.2 Å². The van der Waals surface area contributed by atoms with E-state index in [1.54, 1.807) is 36.7 Å². The summed E-state index contributed by atoms with van der Waals surface area (Å²) in [6.45, 7) is 0. The number of sulfone groups is 1. The van der Waals surface area contributed by atoms with Crippen LogP contribution in [0.4, 0.5) is 0 Å². The molecule has 0 aliphatic carbocycles. The molecule has 1 aromatic carbocycles. The maximum atomic E-state index is 12.1. The van der Waals surface area contributed by atoms with Gasteiger partial charge in [0, 0.05) is 18.6 Å². The lowest BCUT2D eigenvalue weighted by Gasteiger charge is -2.18. The summed E-state index contributed by atoms with van der Waals surface area (Å²) in [4.78, 5) is 16.1. The fraction of sp³-hybridized carbons (Fsp3) is 0.250. The van der Waals surface area contributed by atoms with E-state index in [9.17, 15) is 13.2 Å². The Balaban J connectivity index is 2.11. The lowest BCUT2D eigenvalue weighted by molar-refractivity contribution is -0.121. The van der Waals surface area contributed by atoms with Gasteiger partial charge in [-0.15, -0.1) is 0 Å². The molecule has 0 aliphatic heterocycles. The summed E-state index contributed by atoms with van der Waals surface area (Å²) in [5, 5.41) is 2.79. The van der Waals surface area contributed by atoms with Crippen molar-refractivity contribution in [3.63, 3.8) is 0 Å². The quantitative estimate of drug-likeness (QED) is 0.876. The highest BCUT2D eigenvalue weighted by atomic mass is 32.2. The van der Waals surface area contributed by atoms with E-state index in [4.69, 9.17) is 0 Å². The van der Waals surface area contributed by atoms with Crippen LogP contribution in [0.2, 0.25) is 0 Å². The Morgan fingerprint density at radius 2 is 1.91 bits per heavy atom. The number of amides is 1. The monoisotopic (exact) mass is 318 g/mol. The molecule has 0 saturated carbocycles. The number of carbonyl (C=O) groups excluding carboxylic acids is 1. The van der Waals surface area contributed by atoms with Crippen LogP contribution in [-0.2, 0) is 21.1 Å². The molecule has 6 heteroatoms. The van der Waals surface area contributed by atoms with Crippen molar-refractivity contribution in [1.29, 1.82) is 0 Å². The highest BCUT2D eigenvalue weighted by molar-refractivity contribution is 7.90. The number of nitrogens with one attached hydrogen (secondary N) is 1. The molecule has 0 fully saturated rings. The molecule has 2 rings (SSSR count). The third-order valence-electron chi connectivity index (χ3n) is 3.09. The Hall–Kier alpha value is -2.21. The van der Waals surface area contributed by atoms with Crippen molar-refractivity contribution in [2.75, 3.05) is 12.0 Å². The summed E-state index contributed by atoms with van der Waals surface area (Å²) < 4.78 is 23.2. The van der Waals surface area contributed by atoms with Gasteiger partial charge in [0.2, 0.25) is 5.91 Å². The lowest BCUT2D eigenvalue weighted by Crippen LogP contribution is -2.34. The molecule has 0 aliphatic rings. The van der Waals surface area contributed by atoms with E-state index in [0.717, 1.165) is 17.4 Å². The van der Waals surface area contributed by atoms with Crippen molar-refractivity contribution >= 4 is 15.7 Å². The third-order valence-corrected chi connectivity index (χ3v) is 4.03. The molecule has 5 nitrogen and oxygen atoms in total. The molecule has 22 heavy (non-hydrogen) atoms. The van der Waals surface area contributed by atoms with Crippen molar-refractivity contribution in [3.8, 4) is 0 Å². The number of hydrogen-bond donors (Lipinski definition) is 1.